The van der Waals surface area contributed by atoms with Gasteiger partial charge in [0.05, 0.1) is 0 Å². The highest BCUT2D eigenvalue weighted by Crippen LogP contribution is 2.25. The fourth-order valence-corrected chi connectivity index (χ4v) is 1.43. The Bertz CT molecular complexity index is 424. The minimum Gasteiger partial charge on any atom is -0.487 e. The van der Waals surface area contributed by atoms with Gasteiger partial charge in [-0.3, -0.25) is 0 Å². The third-order valence-electron chi connectivity index (χ3n) is 2.25. The highest BCUT2D eigenvalue weighted by atomic mass is 19.1. The minimum atomic E-state index is -0.864. The van der Waals surface area contributed by atoms with Crippen LogP contribution in [0.2, 0.25) is 0 Å². The Hall–Kier alpha value is -1.82. The van der Waals surface area contributed by atoms with E-state index in [1.165, 1.54) is 18.2 Å². The summed E-state index contributed by atoms with van der Waals surface area (Å²) >= 11 is 0. The molecule has 6 heteroatoms. The van der Waals surface area contributed by atoms with E-state index >= 15 is 0 Å². The Balaban J connectivity index is 2.74. The molecule has 0 saturated heterocycles. The van der Waals surface area contributed by atoms with Crippen molar-refractivity contribution in [3.8, 4) is 5.75 Å². The van der Waals surface area contributed by atoms with Gasteiger partial charge in [-0.05, 0) is 32.0 Å². The zero-order valence-corrected chi connectivity index (χ0v) is 10.4. The predicted molar refractivity (Wildman–Crippen MR) is 64.6 cm³/mol. The van der Waals surface area contributed by atoms with Crippen LogP contribution in [0.25, 0.3) is 0 Å². The van der Waals surface area contributed by atoms with Crippen molar-refractivity contribution in [3.63, 3.8) is 0 Å². The lowest BCUT2D eigenvalue weighted by atomic mass is 10.1. The number of rotatable bonds is 5. The van der Waals surface area contributed by atoms with Crippen molar-refractivity contribution in [2.24, 2.45) is 11.5 Å². The molecular formula is C12H17FN2O3. The molecule has 4 N–H and O–H groups in total. The second-order valence-corrected chi connectivity index (χ2v) is 4.03. The molecule has 2 atom stereocenters. The second kappa shape index (κ2) is 6.20. The number of nitrogens with two attached hydrogens (primary N) is 2. The van der Waals surface area contributed by atoms with Gasteiger partial charge in [-0.25, -0.2) is 9.18 Å². The molecule has 0 aromatic heterocycles. The second-order valence-electron chi connectivity index (χ2n) is 4.03. The summed E-state index contributed by atoms with van der Waals surface area (Å²) in [5, 5.41) is 0. The standard InChI is InChI=1S/C12H17FN2O3/c1-7(6-17-12(15)16)18-11-4-3-9(13)5-10(11)8(2)14/h3-5,7-8H,6,14H2,1-2H3,(H2,15,16)/t7-,8+/m0/s1. The Morgan fingerprint density at radius 1 is 1.44 bits per heavy atom. The molecule has 0 aliphatic carbocycles. The van der Waals surface area contributed by atoms with Crippen molar-refractivity contribution in [2.45, 2.75) is 26.0 Å². The van der Waals surface area contributed by atoms with E-state index in [1.807, 2.05) is 0 Å². The maximum absolute atomic E-state index is 13.1. The van der Waals surface area contributed by atoms with Crippen LogP contribution in [0.4, 0.5) is 9.18 Å². The van der Waals surface area contributed by atoms with Crippen LogP contribution >= 0.6 is 0 Å². The van der Waals surface area contributed by atoms with Gasteiger partial charge < -0.3 is 20.9 Å². The summed E-state index contributed by atoms with van der Waals surface area (Å²) in [5.74, 6) is 0.0858. The van der Waals surface area contributed by atoms with Crippen molar-refractivity contribution < 1.29 is 18.7 Å². The van der Waals surface area contributed by atoms with Gasteiger partial charge in [0.2, 0.25) is 0 Å². The van der Waals surface area contributed by atoms with E-state index in [4.69, 9.17) is 16.2 Å². The molecule has 1 aromatic rings. The number of hydrogen-bond acceptors (Lipinski definition) is 4. The van der Waals surface area contributed by atoms with Crippen LogP contribution in [0.15, 0.2) is 18.2 Å². The molecule has 0 bridgehead atoms. The third kappa shape index (κ3) is 4.21. The van der Waals surface area contributed by atoms with Crippen LogP contribution in [0.5, 0.6) is 5.75 Å². The number of carbonyl (C=O) groups excluding carboxylic acids is 1. The van der Waals surface area contributed by atoms with E-state index in [9.17, 15) is 9.18 Å². The monoisotopic (exact) mass is 256 g/mol. The highest BCUT2D eigenvalue weighted by molar-refractivity contribution is 5.64. The molecule has 18 heavy (non-hydrogen) atoms. The van der Waals surface area contributed by atoms with Gasteiger partial charge in [0.1, 0.15) is 24.3 Å². The first-order valence-electron chi connectivity index (χ1n) is 5.54. The SMILES string of the molecule is C[C@@H](COC(N)=O)Oc1ccc(F)cc1[C@@H](C)N. The normalized spacial score (nSPS) is 13.8. The molecule has 0 unspecified atom stereocenters. The molecule has 1 amide bonds. The van der Waals surface area contributed by atoms with Crippen LogP contribution in [-0.4, -0.2) is 18.8 Å². The topological polar surface area (TPSA) is 87.6 Å². The molecule has 100 valence electrons. The zero-order chi connectivity index (χ0) is 13.7. The third-order valence-corrected chi connectivity index (χ3v) is 2.25. The van der Waals surface area contributed by atoms with Crippen LogP contribution in [-0.2, 0) is 4.74 Å². The van der Waals surface area contributed by atoms with E-state index < -0.39 is 12.2 Å². The number of halogens is 1. The van der Waals surface area contributed by atoms with Crippen LogP contribution in [0, 0.1) is 5.82 Å². The molecular weight excluding hydrogens is 239 g/mol. The summed E-state index contributed by atoms with van der Waals surface area (Å²) in [5.41, 5.74) is 11.1. The lowest BCUT2D eigenvalue weighted by molar-refractivity contribution is 0.0956. The summed E-state index contributed by atoms with van der Waals surface area (Å²) in [6.07, 6.45) is -1.27. The molecule has 0 aliphatic rings. The number of ether oxygens (including phenoxy) is 2. The fourth-order valence-electron chi connectivity index (χ4n) is 1.43. The molecule has 0 radical (unpaired) electrons. The summed E-state index contributed by atoms with van der Waals surface area (Å²) < 4.78 is 23.2. The number of primary amides is 1. The zero-order valence-electron chi connectivity index (χ0n) is 10.4. The first-order valence-corrected chi connectivity index (χ1v) is 5.54. The summed E-state index contributed by atoms with van der Waals surface area (Å²) in [4.78, 5) is 10.5. The average Bonchev–Trinajstić information content (AvgIpc) is 2.28. The molecule has 0 aliphatic heterocycles. The summed E-state index contributed by atoms with van der Waals surface area (Å²) in [7, 11) is 0. The Labute approximate surface area is 105 Å². The maximum Gasteiger partial charge on any atom is 0.404 e. The fraction of sp³-hybridized carbons (Fsp3) is 0.417. The average molecular weight is 256 g/mol. The largest absolute Gasteiger partial charge is 0.487 e. The molecule has 0 fully saturated rings. The Morgan fingerprint density at radius 2 is 2.11 bits per heavy atom. The lowest BCUT2D eigenvalue weighted by Gasteiger charge is -2.18. The lowest BCUT2D eigenvalue weighted by Crippen LogP contribution is -2.25. The van der Waals surface area contributed by atoms with Gasteiger partial charge in [0, 0.05) is 11.6 Å². The van der Waals surface area contributed by atoms with E-state index in [1.54, 1.807) is 13.8 Å². The molecule has 0 spiro atoms. The first-order chi connectivity index (χ1) is 8.40. The van der Waals surface area contributed by atoms with Crippen LogP contribution in [0.1, 0.15) is 25.5 Å². The van der Waals surface area contributed by atoms with Gasteiger partial charge >= 0.3 is 6.09 Å². The van der Waals surface area contributed by atoms with Gasteiger partial charge in [-0.15, -0.1) is 0 Å². The Kier molecular flexibility index (Phi) is 4.91. The van der Waals surface area contributed by atoms with Crippen LogP contribution in [0.3, 0.4) is 0 Å². The van der Waals surface area contributed by atoms with Gasteiger partial charge in [0.15, 0.2) is 0 Å². The first kappa shape index (κ1) is 14.2. The minimum absolute atomic E-state index is 0.0190. The smallest absolute Gasteiger partial charge is 0.404 e. The Morgan fingerprint density at radius 3 is 2.67 bits per heavy atom. The van der Waals surface area contributed by atoms with Gasteiger partial charge in [-0.1, -0.05) is 0 Å². The van der Waals surface area contributed by atoms with Crippen molar-refractivity contribution >= 4 is 6.09 Å². The maximum atomic E-state index is 13.1. The van der Waals surface area contributed by atoms with E-state index in [0.29, 0.717) is 11.3 Å². The van der Waals surface area contributed by atoms with E-state index in [0.717, 1.165) is 0 Å². The van der Waals surface area contributed by atoms with E-state index in [-0.39, 0.29) is 18.5 Å². The molecule has 0 heterocycles. The van der Waals surface area contributed by atoms with E-state index in [2.05, 4.69) is 4.74 Å². The van der Waals surface area contributed by atoms with Crippen molar-refractivity contribution in [3.05, 3.63) is 29.6 Å². The quantitative estimate of drug-likeness (QED) is 0.839. The predicted octanol–water partition coefficient (Wildman–Crippen LogP) is 1.71. The van der Waals surface area contributed by atoms with Crippen LogP contribution < -0.4 is 16.2 Å². The molecule has 1 rings (SSSR count). The van der Waals surface area contributed by atoms with Crippen molar-refractivity contribution in [1.29, 1.82) is 0 Å². The highest BCUT2D eigenvalue weighted by Gasteiger charge is 2.13. The number of benzene rings is 1. The summed E-state index contributed by atoms with van der Waals surface area (Å²) in [6, 6.07) is 3.74. The number of hydrogen-bond donors (Lipinski definition) is 2. The van der Waals surface area contributed by atoms with Crippen molar-refractivity contribution in [2.75, 3.05) is 6.61 Å². The number of carbonyl (C=O) groups is 1. The van der Waals surface area contributed by atoms with Crippen molar-refractivity contribution in [1.82, 2.24) is 0 Å². The molecule has 5 nitrogen and oxygen atoms in total. The van der Waals surface area contributed by atoms with Gasteiger partial charge in [0.25, 0.3) is 0 Å². The number of amides is 1. The molecule has 1 aromatic carbocycles. The summed E-state index contributed by atoms with van der Waals surface area (Å²) in [6.45, 7) is 3.45. The van der Waals surface area contributed by atoms with Gasteiger partial charge in [-0.2, -0.15) is 0 Å². The molecule has 0 saturated carbocycles.